The van der Waals surface area contributed by atoms with Crippen LogP contribution in [-0.4, -0.2) is 37.1 Å². The Morgan fingerprint density at radius 3 is 2.46 bits per heavy atom. The predicted octanol–water partition coefficient (Wildman–Crippen LogP) is 3.36. The molecule has 0 spiro atoms. The average Bonchev–Trinajstić information content (AvgIpc) is 2.69. The summed E-state index contributed by atoms with van der Waals surface area (Å²) < 4.78 is 9.84. The van der Waals surface area contributed by atoms with E-state index in [1.165, 1.54) is 19.6 Å². The van der Waals surface area contributed by atoms with E-state index in [9.17, 15) is 14.4 Å². The number of methoxy groups -OCH3 is 1. The maximum atomic E-state index is 12.3. The first-order valence-corrected chi connectivity index (χ1v) is 9.69. The molecule has 2 rings (SSSR count). The van der Waals surface area contributed by atoms with Crippen molar-refractivity contribution in [3.63, 3.8) is 0 Å². The van der Waals surface area contributed by atoms with Crippen LogP contribution in [0.2, 0.25) is 0 Å². The molecular formula is C22H29NO5. The Kier molecular flexibility index (Phi) is 7.79. The van der Waals surface area contributed by atoms with E-state index >= 15 is 0 Å². The molecule has 0 bridgehead atoms. The molecule has 1 amide bonds. The largest absolute Gasteiger partial charge is 0.465 e. The fourth-order valence-electron chi connectivity index (χ4n) is 3.37. The smallest absolute Gasteiger partial charge is 0.337 e. The number of rotatable bonds is 6. The molecule has 0 heterocycles. The lowest BCUT2D eigenvalue weighted by atomic mass is 9.78. The molecule has 4 atom stereocenters. The molecule has 6 heteroatoms. The van der Waals surface area contributed by atoms with Crippen molar-refractivity contribution >= 4 is 23.9 Å². The lowest BCUT2D eigenvalue weighted by Gasteiger charge is -2.35. The highest BCUT2D eigenvalue weighted by atomic mass is 16.5. The molecule has 0 saturated heterocycles. The van der Waals surface area contributed by atoms with Gasteiger partial charge in [-0.15, -0.1) is 0 Å². The Morgan fingerprint density at radius 2 is 1.82 bits per heavy atom. The fourth-order valence-corrected chi connectivity index (χ4v) is 3.37. The van der Waals surface area contributed by atoms with Crippen molar-refractivity contribution in [1.82, 2.24) is 5.32 Å². The topological polar surface area (TPSA) is 81.7 Å². The minimum absolute atomic E-state index is 0.126. The molecular weight excluding hydrogens is 358 g/mol. The first-order chi connectivity index (χ1) is 13.3. The van der Waals surface area contributed by atoms with Gasteiger partial charge >= 0.3 is 11.9 Å². The van der Waals surface area contributed by atoms with Crippen molar-refractivity contribution in [1.29, 1.82) is 0 Å². The molecule has 0 aromatic heterocycles. The monoisotopic (exact) mass is 387 g/mol. The van der Waals surface area contributed by atoms with Crippen LogP contribution in [0.25, 0.3) is 6.08 Å². The molecule has 1 aliphatic carbocycles. The maximum absolute atomic E-state index is 12.3. The van der Waals surface area contributed by atoms with Crippen molar-refractivity contribution in [2.24, 2.45) is 11.8 Å². The Hall–Kier alpha value is -2.63. The summed E-state index contributed by atoms with van der Waals surface area (Å²) in [6.45, 7) is 5.93. The van der Waals surface area contributed by atoms with Crippen molar-refractivity contribution in [2.75, 3.05) is 7.11 Å². The van der Waals surface area contributed by atoms with Gasteiger partial charge in [-0.1, -0.05) is 38.8 Å². The second-order valence-electron chi connectivity index (χ2n) is 7.41. The zero-order valence-corrected chi connectivity index (χ0v) is 16.9. The number of hydrogen-bond donors (Lipinski definition) is 1. The summed E-state index contributed by atoms with van der Waals surface area (Å²) in [5, 5.41) is 3.02. The lowest BCUT2D eigenvalue weighted by Crippen LogP contribution is -2.47. The predicted molar refractivity (Wildman–Crippen MR) is 106 cm³/mol. The summed E-state index contributed by atoms with van der Waals surface area (Å²) in [5.41, 5.74) is 1.16. The van der Waals surface area contributed by atoms with Crippen LogP contribution in [0.15, 0.2) is 30.3 Å². The van der Waals surface area contributed by atoms with E-state index in [0.29, 0.717) is 17.4 Å². The van der Waals surface area contributed by atoms with E-state index in [-0.39, 0.29) is 11.9 Å². The first-order valence-electron chi connectivity index (χ1n) is 9.69. The van der Waals surface area contributed by atoms with E-state index < -0.39 is 18.0 Å². The molecule has 1 saturated carbocycles. The minimum atomic E-state index is -0.858. The van der Waals surface area contributed by atoms with Crippen LogP contribution in [0.4, 0.5) is 0 Å². The molecule has 0 radical (unpaired) electrons. The molecule has 1 aromatic carbocycles. The Balaban J connectivity index is 1.85. The highest BCUT2D eigenvalue weighted by molar-refractivity contribution is 5.91. The number of esters is 2. The number of carbonyl (C=O) groups excluding carboxylic acids is 3. The van der Waals surface area contributed by atoms with Gasteiger partial charge in [-0.05, 0) is 49.0 Å². The fraction of sp³-hybridized carbons (Fsp3) is 0.500. The van der Waals surface area contributed by atoms with Crippen LogP contribution in [0.3, 0.4) is 0 Å². The summed E-state index contributed by atoms with van der Waals surface area (Å²) in [5.74, 6) is -0.296. The summed E-state index contributed by atoms with van der Waals surface area (Å²) in [7, 11) is 1.32. The van der Waals surface area contributed by atoms with Gasteiger partial charge in [-0.25, -0.2) is 9.59 Å². The van der Waals surface area contributed by atoms with Gasteiger partial charge in [0.15, 0.2) is 6.10 Å². The molecule has 28 heavy (non-hydrogen) atoms. The van der Waals surface area contributed by atoms with Crippen LogP contribution in [0.1, 0.15) is 56.0 Å². The second-order valence-corrected chi connectivity index (χ2v) is 7.41. The van der Waals surface area contributed by atoms with Gasteiger partial charge < -0.3 is 14.8 Å². The molecule has 6 nitrogen and oxygen atoms in total. The zero-order valence-electron chi connectivity index (χ0n) is 16.9. The van der Waals surface area contributed by atoms with Crippen molar-refractivity contribution < 1.29 is 23.9 Å². The number of benzene rings is 1. The number of nitrogens with one attached hydrogen (secondary N) is 1. The quantitative estimate of drug-likeness (QED) is 0.598. The van der Waals surface area contributed by atoms with Gasteiger partial charge in [-0.2, -0.15) is 0 Å². The maximum Gasteiger partial charge on any atom is 0.337 e. The van der Waals surface area contributed by atoms with Gasteiger partial charge in [0, 0.05) is 12.1 Å². The van der Waals surface area contributed by atoms with Gasteiger partial charge in [0.2, 0.25) is 0 Å². The third kappa shape index (κ3) is 5.94. The normalized spacial score (nSPS) is 23.1. The van der Waals surface area contributed by atoms with Crippen LogP contribution >= 0.6 is 0 Å². The van der Waals surface area contributed by atoms with Gasteiger partial charge in [0.05, 0.1) is 12.7 Å². The van der Waals surface area contributed by atoms with Crippen LogP contribution < -0.4 is 5.32 Å². The first kappa shape index (κ1) is 21.7. The van der Waals surface area contributed by atoms with Crippen molar-refractivity contribution in [2.45, 2.75) is 52.2 Å². The third-order valence-electron chi connectivity index (χ3n) is 5.44. The van der Waals surface area contributed by atoms with Crippen molar-refractivity contribution in [3.8, 4) is 0 Å². The average molecular weight is 387 g/mol. The van der Waals surface area contributed by atoms with Crippen LogP contribution in [0, 0.1) is 11.8 Å². The third-order valence-corrected chi connectivity index (χ3v) is 5.44. The number of ether oxygens (including phenoxy) is 2. The molecule has 1 fully saturated rings. The molecule has 1 aliphatic rings. The SMILES string of the molecule is COC(=O)c1ccc(/C=C/C(=O)O[C@H](C)C(=O)N[C@@H]2CCC[C@@H](C)[C@H]2C)cc1. The highest BCUT2D eigenvalue weighted by Gasteiger charge is 2.29. The Morgan fingerprint density at radius 1 is 1.14 bits per heavy atom. The van der Waals surface area contributed by atoms with E-state index in [1.54, 1.807) is 37.3 Å². The second kappa shape index (κ2) is 10.1. The van der Waals surface area contributed by atoms with Crippen LogP contribution in [-0.2, 0) is 19.1 Å². The highest BCUT2D eigenvalue weighted by Crippen LogP contribution is 2.29. The number of carbonyl (C=O) groups is 3. The van der Waals surface area contributed by atoms with Gasteiger partial charge in [0.1, 0.15) is 0 Å². The van der Waals surface area contributed by atoms with E-state index in [1.807, 2.05) is 0 Å². The Labute approximate surface area is 166 Å². The molecule has 1 N–H and O–H groups in total. The summed E-state index contributed by atoms with van der Waals surface area (Å²) in [4.78, 5) is 35.7. The molecule has 0 unspecified atom stereocenters. The molecule has 1 aromatic rings. The van der Waals surface area contributed by atoms with Gasteiger partial charge in [-0.3, -0.25) is 4.79 Å². The summed E-state index contributed by atoms with van der Waals surface area (Å²) >= 11 is 0. The van der Waals surface area contributed by atoms with E-state index in [2.05, 4.69) is 23.9 Å². The van der Waals surface area contributed by atoms with E-state index in [0.717, 1.165) is 18.4 Å². The van der Waals surface area contributed by atoms with Crippen LogP contribution in [0.5, 0.6) is 0 Å². The summed E-state index contributed by atoms with van der Waals surface area (Å²) in [6.07, 6.45) is 5.22. The van der Waals surface area contributed by atoms with E-state index in [4.69, 9.17) is 4.74 Å². The Bertz CT molecular complexity index is 725. The molecule has 0 aliphatic heterocycles. The number of amides is 1. The van der Waals surface area contributed by atoms with Crippen molar-refractivity contribution in [3.05, 3.63) is 41.5 Å². The lowest BCUT2D eigenvalue weighted by molar-refractivity contribution is -0.150. The zero-order chi connectivity index (χ0) is 20.7. The number of hydrogen-bond acceptors (Lipinski definition) is 5. The minimum Gasteiger partial charge on any atom is -0.465 e. The molecule has 152 valence electrons. The summed E-state index contributed by atoms with van der Waals surface area (Å²) in [6, 6.07) is 6.73. The standard InChI is InChI=1S/C22H29NO5/c1-14-6-5-7-19(15(14)2)23-21(25)16(3)28-20(24)13-10-17-8-11-18(12-9-17)22(26)27-4/h8-16,19H,5-7H2,1-4H3,(H,23,25)/b13-10+/t14-,15-,16-,19-/m1/s1. The van der Waals surface area contributed by atoms with Gasteiger partial charge in [0.25, 0.3) is 5.91 Å².